The monoisotopic (exact) mass is 294 g/mol. The third-order valence-corrected chi connectivity index (χ3v) is 2.98. The molecular formula is C15H22N2O4. The fraction of sp³-hybridized carbons (Fsp3) is 0.467. The Morgan fingerprint density at radius 1 is 1.29 bits per heavy atom. The predicted octanol–water partition coefficient (Wildman–Crippen LogP) is 1.87. The first-order chi connectivity index (χ1) is 10.1. The maximum Gasteiger partial charge on any atom is 0.321 e. The lowest BCUT2D eigenvalue weighted by Crippen LogP contribution is -2.40. The van der Waals surface area contributed by atoms with Crippen LogP contribution in [-0.2, 0) is 9.59 Å². The highest BCUT2D eigenvalue weighted by molar-refractivity contribution is 5.94. The summed E-state index contributed by atoms with van der Waals surface area (Å²) in [6.45, 7) is 2.61. The molecule has 0 aliphatic heterocycles. The number of anilines is 1. The molecule has 0 aliphatic carbocycles. The van der Waals surface area contributed by atoms with Gasteiger partial charge in [-0.3, -0.25) is 9.59 Å². The van der Waals surface area contributed by atoms with Crippen LogP contribution < -0.4 is 15.4 Å². The van der Waals surface area contributed by atoms with Crippen LogP contribution in [0.2, 0.25) is 0 Å². The fourth-order valence-electron chi connectivity index (χ4n) is 1.77. The number of rotatable bonds is 9. The van der Waals surface area contributed by atoms with Crippen LogP contribution in [0.1, 0.15) is 26.2 Å². The average molecular weight is 294 g/mol. The number of carbonyl (C=O) groups excluding carboxylic acids is 1. The molecule has 0 bridgehead atoms. The van der Waals surface area contributed by atoms with Gasteiger partial charge in [-0.05, 0) is 37.2 Å². The van der Waals surface area contributed by atoms with E-state index in [1.54, 1.807) is 31.4 Å². The average Bonchev–Trinajstić information content (AvgIpc) is 2.47. The SMILES string of the molecule is CCCCN[C@@H](CC(=O)Nc1ccc(OC)cc1)C(=O)O. The van der Waals surface area contributed by atoms with Crippen LogP contribution in [0.4, 0.5) is 5.69 Å². The van der Waals surface area contributed by atoms with Gasteiger partial charge in [0.25, 0.3) is 0 Å². The van der Waals surface area contributed by atoms with Crippen molar-refractivity contribution in [2.75, 3.05) is 19.0 Å². The number of carboxylic acid groups (broad SMARTS) is 1. The summed E-state index contributed by atoms with van der Waals surface area (Å²) in [4.78, 5) is 23.0. The molecule has 1 aromatic rings. The smallest absolute Gasteiger partial charge is 0.321 e. The number of benzene rings is 1. The van der Waals surface area contributed by atoms with Crippen molar-refractivity contribution in [1.82, 2.24) is 5.32 Å². The summed E-state index contributed by atoms with van der Waals surface area (Å²) >= 11 is 0. The number of carbonyl (C=O) groups is 2. The van der Waals surface area contributed by atoms with E-state index in [1.807, 2.05) is 6.92 Å². The Hall–Kier alpha value is -2.08. The van der Waals surface area contributed by atoms with Crippen LogP contribution in [-0.4, -0.2) is 36.7 Å². The third-order valence-electron chi connectivity index (χ3n) is 2.98. The van der Waals surface area contributed by atoms with Gasteiger partial charge in [-0.1, -0.05) is 13.3 Å². The minimum atomic E-state index is -1.02. The Morgan fingerprint density at radius 3 is 2.48 bits per heavy atom. The Labute approximate surface area is 124 Å². The number of ether oxygens (including phenoxy) is 1. The largest absolute Gasteiger partial charge is 0.497 e. The molecule has 0 aromatic heterocycles. The van der Waals surface area contributed by atoms with Crippen molar-refractivity contribution >= 4 is 17.6 Å². The molecule has 0 unspecified atom stereocenters. The molecule has 0 saturated carbocycles. The fourth-order valence-corrected chi connectivity index (χ4v) is 1.77. The van der Waals surface area contributed by atoms with Crippen molar-refractivity contribution in [2.24, 2.45) is 0 Å². The van der Waals surface area contributed by atoms with E-state index in [9.17, 15) is 9.59 Å². The van der Waals surface area contributed by atoms with E-state index in [2.05, 4.69) is 10.6 Å². The molecule has 0 radical (unpaired) electrons. The predicted molar refractivity (Wildman–Crippen MR) is 80.6 cm³/mol. The van der Waals surface area contributed by atoms with Gasteiger partial charge >= 0.3 is 5.97 Å². The Bertz CT molecular complexity index is 459. The molecule has 0 spiro atoms. The first kappa shape index (κ1) is 17.0. The number of amides is 1. The van der Waals surface area contributed by atoms with Crippen molar-refractivity contribution in [3.63, 3.8) is 0 Å². The number of hydrogen-bond donors (Lipinski definition) is 3. The minimum absolute atomic E-state index is 0.106. The normalized spacial score (nSPS) is 11.7. The second-order valence-corrected chi connectivity index (χ2v) is 4.68. The summed E-state index contributed by atoms with van der Waals surface area (Å²) in [5.41, 5.74) is 0.610. The van der Waals surface area contributed by atoms with E-state index in [0.717, 1.165) is 12.8 Å². The van der Waals surface area contributed by atoms with E-state index >= 15 is 0 Å². The molecule has 1 atom stereocenters. The van der Waals surface area contributed by atoms with Crippen molar-refractivity contribution in [2.45, 2.75) is 32.2 Å². The van der Waals surface area contributed by atoms with Crippen LogP contribution in [0, 0.1) is 0 Å². The van der Waals surface area contributed by atoms with Crippen molar-refractivity contribution in [1.29, 1.82) is 0 Å². The van der Waals surface area contributed by atoms with E-state index in [0.29, 0.717) is 18.0 Å². The number of unbranched alkanes of at least 4 members (excludes halogenated alkanes) is 1. The molecule has 0 heterocycles. The molecule has 116 valence electrons. The summed E-state index contributed by atoms with van der Waals surface area (Å²) < 4.78 is 5.02. The highest BCUT2D eigenvalue weighted by Gasteiger charge is 2.20. The quantitative estimate of drug-likeness (QED) is 0.605. The zero-order chi connectivity index (χ0) is 15.7. The van der Waals surface area contributed by atoms with Crippen LogP contribution in [0.25, 0.3) is 0 Å². The molecule has 0 saturated heterocycles. The number of nitrogens with one attached hydrogen (secondary N) is 2. The highest BCUT2D eigenvalue weighted by Crippen LogP contribution is 2.15. The van der Waals surface area contributed by atoms with Gasteiger partial charge in [-0.25, -0.2) is 0 Å². The van der Waals surface area contributed by atoms with E-state index in [-0.39, 0.29) is 12.3 Å². The second kappa shape index (κ2) is 8.97. The van der Waals surface area contributed by atoms with Gasteiger partial charge in [-0.15, -0.1) is 0 Å². The molecule has 0 aliphatic rings. The van der Waals surface area contributed by atoms with E-state index in [4.69, 9.17) is 9.84 Å². The maximum absolute atomic E-state index is 11.9. The summed E-state index contributed by atoms with van der Waals surface area (Å²) in [7, 11) is 1.56. The molecule has 6 heteroatoms. The van der Waals surface area contributed by atoms with Gasteiger partial charge in [0.1, 0.15) is 11.8 Å². The van der Waals surface area contributed by atoms with Gasteiger partial charge in [0, 0.05) is 5.69 Å². The van der Waals surface area contributed by atoms with Crippen LogP contribution in [0.3, 0.4) is 0 Å². The Balaban J connectivity index is 2.50. The van der Waals surface area contributed by atoms with Crippen LogP contribution in [0.15, 0.2) is 24.3 Å². The summed E-state index contributed by atoms with van der Waals surface area (Å²) in [5, 5.41) is 14.6. The lowest BCUT2D eigenvalue weighted by molar-refractivity contribution is -0.141. The zero-order valence-electron chi connectivity index (χ0n) is 12.4. The highest BCUT2D eigenvalue weighted by atomic mass is 16.5. The van der Waals surface area contributed by atoms with Crippen LogP contribution >= 0.6 is 0 Å². The number of methoxy groups -OCH3 is 1. The molecule has 21 heavy (non-hydrogen) atoms. The Kier molecular flexibility index (Phi) is 7.25. The second-order valence-electron chi connectivity index (χ2n) is 4.68. The van der Waals surface area contributed by atoms with Gasteiger partial charge in [0.2, 0.25) is 5.91 Å². The summed E-state index contributed by atoms with van der Waals surface area (Å²) in [6.07, 6.45) is 1.74. The molecule has 1 amide bonds. The first-order valence-corrected chi connectivity index (χ1v) is 6.97. The number of carboxylic acids is 1. The summed E-state index contributed by atoms with van der Waals surface area (Å²) in [6, 6.07) is 6.00. The Morgan fingerprint density at radius 2 is 1.95 bits per heavy atom. The van der Waals surface area contributed by atoms with E-state index < -0.39 is 12.0 Å². The standard InChI is InChI=1S/C15H22N2O4/c1-3-4-9-16-13(15(19)20)10-14(18)17-11-5-7-12(21-2)8-6-11/h5-8,13,16H,3-4,9-10H2,1-2H3,(H,17,18)(H,19,20)/t13-/m0/s1. The van der Waals surface area contributed by atoms with Crippen LogP contribution in [0.5, 0.6) is 5.75 Å². The number of aliphatic carboxylic acids is 1. The van der Waals surface area contributed by atoms with Crippen molar-refractivity contribution < 1.29 is 19.4 Å². The lowest BCUT2D eigenvalue weighted by Gasteiger charge is -2.14. The molecule has 3 N–H and O–H groups in total. The van der Waals surface area contributed by atoms with E-state index in [1.165, 1.54) is 0 Å². The molecule has 1 aromatic carbocycles. The van der Waals surface area contributed by atoms with Gasteiger partial charge in [0.15, 0.2) is 0 Å². The molecule has 6 nitrogen and oxygen atoms in total. The maximum atomic E-state index is 11.9. The molecule has 1 rings (SSSR count). The topological polar surface area (TPSA) is 87.7 Å². The van der Waals surface area contributed by atoms with Gasteiger partial charge in [-0.2, -0.15) is 0 Å². The lowest BCUT2D eigenvalue weighted by atomic mass is 10.2. The molecular weight excluding hydrogens is 272 g/mol. The molecule has 0 fully saturated rings. The summed E-state index contributed by atoms with van der Waals surface area (Å²) in [5.74, 6) is -0.662. The van der Waals surface area contributed by atoms with Gasteiger partial charge in [0.05, 0.1) is 13.5 Å². The van der Waals surface area contributed by atoms with Crippen molar-refractivity contribution in [3.05, 3.63) is 24.3 Å². The number of hydrogen-bond acceptors (Lipinski definition) is 4. The third kappa shape index (κ3) is 6.27. The zero-order valence-corrected chi connectivity index (χ0v) is 12.4. The van der Waals surface area contributed by atoms with Crippen molar-refractivity contribution in [3.8, 4) is 5.75 Å². The minimum Gasteiger partial charge on any atom is -0.497 e. The first-order valence-electron chi connectivity index (χ1n) is 6.97. The van der Waals surface area contributed by atoms with Gasteiger partial charge < -0.3 is 20.5 Å².